The number of aryl methyl sites for hydroxylation is 1. The highest BCUT2D eigenvalue weighted by atomic mass is 19.3. The fourth-order valence-corrected chi connectivity index (χ4v) is 4.14. The number of anilines is 1. The third-order valence-corrected chi connectivity index (χ3v) is 6.35. The maximum atomic E-state index is 14.2. The predicted octanol–water partition coefficient (Wildman–Crippen LogP) is 5.99. The minimum Gasteiger partial charge on any atom is -0.494 e. The number of amides is 1. The van der Waals surface area contributed by atoms with Crippen LogP contribution in [0.4, 0.5) is 18.9 Å². The molecule has 8 nitrogen and oxygen atoms in total. The van der Waals surface area contributed by atoms with Crippen molar-refractivity contribution in [3.05, 3.63) is 65.6 Å². The van der Waals surface area contributed by atoms with E-state index in [4.69, 9.17) is 9.47 Å². The van der Waals surface area contributed by atoms with Gasteiger partial charge in [-0.05, 0) is 56.5 Å². The molecule has 2 N–H and O–H groups in total. The van der Waals surface area contributed by atoms with Gasteiger partial charge in [0, 0.05) is 42.3 Å². The van der Waals surface area contributed by atoms with Gasteiger partial charge in [0.1, 0.15) is 5.75 Å². The van der Waals surface area contributed by atoms with E-state index in [0.29, 0.717) is 22.6 Å². The molecule has 4 aromatic rings. The van der Waals surface area contributed by atoms with E-state index in [0.717, 1.165) is 30.9 Å². The molecule has 2 aromatic heterocycles. The molecular weight excluding hydrogens is 511 g/mol. The van der Waals surface area contributed by atoms with E-state index in [-0.39, 0.29) is 35.9 Å². The minimum absolute atomic E-state index is 0.0219. The second-order valence-electron chi connectivity index (χ2n) is 9.70. The van der Waals surface area contributed by atoms with Crippen molar-refractivity contribution in [2.45, 2.75) is 45.1 Å². The number of alkyl halides is 2. The Bertz CT molecular complexity index is 1530. The van der Waals surface area contributed by atoms with Crippen LogP contribution in [0.3, 0.4) is 0 Å². The largest absolute Gasteiger partial charge is 0.494 e. The van der Waals surface area contributed by atoms with Crippen molar-refractivity contribution in [1.29, 1.82) is 0 Å². The quantitative estimate of drug-likeness (QED) is 0.257. The van der Waals surface area contributed by atoms with Gasteiger partial charge in [-0.1, -0.05) is 6.07 Å². The van der Waals surface area contributed by atoms with Crippen LogP contribution in [0.2, 0.25) is 0 Å². The Hall–Kier alpha value is -4.28. The summed E-state index contributed by atoms with van der Waals surface area (Å²) in [5.74, 6) is -3.23. The lowest BCUT2D eigenvalue weighted by atomic mass is 10.0. The van der Waals surface area contributed by atoms with E-state index in [2.05, 4.69) is 20.7 Å². The fourth-order valence-electron chi connectivity index (χ4n) is 4.14. The van der Waals surface area contributed by atoms with Crippen LogP contribution in [0.15, 0.2) is 48.7 Å². The standard InChI is InChI=1S/C28H28F3N5O3/c1-16-12-17(4-8-20(16)27(37)34-18-5-6-18)23-15-33-26-22(32-11-10-28(2,30)31)14-25(35-36(23)26)39-19-7-9-24(38-3)21(29)13-19/h4,7-9,12-15,18,32H,5-6,10-11H2,1-3H3,(H,34,37). The number of ether oxygens (including phenoxy) is 2. The van der Waals surface area contributed by atoms with Crippen molar-refractivity contribution in [3.63, 3.8) is 0 Å². The Balaban J connectivity index is 1.51. The highest BCUT2D eigenvalue weighted by molar-refractivity contribution is 5.96. The van der Waals surface area contributed by atoms with E-state index >= 15 is 0 Å². The summed E-state index contributed by atoms with van der Waals surface area (Å²) in [4.78, 5) is 17.0. The molecule has 1 fully saturated rings. The number of benzene rings is 2. The molecule has 11 heteroatoms. The lowest BCUT2D eigenvalue weighted by Gasteiger charge is -2.14. The van der Waals surface area contributed by atoms with Crippen molar-refractivity contribution < 1.29 is 27.4 Å². The molecule has 0 radical (unpaired) electrons. The number of fused-ring (bicyclic) bond motifs is 1. The van der Waals surface area contributed by atoms with Crippen LogP contribution in [0.25, 0.3) is 16.9 Å². The highest BCUT2D eigenvalue weighted by Crippen LogP contribution is 2.31. The normalized spacial score (nSPS) is 13.4. The summed E-state index contributed by atoms with van der Waals surface area (Å²) in [5.41, 5.74) is 3.52. The van der Waals surface area contributed by atoms with Gasteiger partial charge in [-0.2, -0.15) is 0 Å². The second-order valence-corrected chi connectivity index (χ2v) is 9.70. The molecule has 1 aliphatic carbocycles. The third kappa shape index (κ3) is 6.08. The predicted molar refractivity (Wildman–Crippen MR) is 140 cm³/mol. The number of nitrogens with one attached hydrogen (secondary N) is 2. The van der Waals surface area contributed by atoms with Crippen molar-refractivity contribution in [2.75, 3.05) is 19.0 Å². The first kappa shape index (κ1) is 26.3. The smallest absolute Gasteiger partial charge is 0.251 e. The van der Waals surface area contributed by atoms with Crippen LogP contribution < -0.4 is 20.1 Å². The molecular formula is C28H28F3N5O3. The molecule has 1 aliphatic rings. The number of nitrogens with zero attached hydrogens (tertiary/aromatic N) is 3. The van der Waals surface area contributed by atoms with Crippen molar-refractivity contribution in [2.24, 2.45) is 0 Å². The maximum Gasteiger partial charge on any atom is 0.251 e. The Morgan fingerprint density at radius 2 is 1.97 bits per heavy atom. The average Bonchev–Trinajstić information content (AvgIpc) is 3.58. The average molecular weight is 540 g/mol. The highest BCUT2D eigenvalue weighted by Gasteiger charge is 2.25. The molecule has 0 aliphatic heterocycles. The summed E-state index contributed by atoms with van der Waals surface area (Å²) in [6, 6.07) is 11.3. The van der Waals surface area contributed by atoms with Gasteiger partial charge in [-0.3, -0.25) is 4.79 Å². The molecule has 5 rings (SSSR count). The van der Waals surface area contributed by atoms with Gasteiger partial charge in [-0.15, -0.1) is 5.10 Å². The molecule has 0 saturated heterocycles. The van der Waals surface area contributed by atoms with Gasteiger partial charge in [0.2, 0.25) is 11.8 Å². The monoisotopic (exact) mass is 539 g/mol. The molecule has 0 bridgehead atoms. The molecule has 1 saturated carbocycles. The van der Waals surface area contributed by atoms with Gasteiger partial charge in [0.25, 0.3) is 5.91 Å². The van der Waals surface area contributed by atoms with Gasteiger partial charge in [0.15, 0.2) is 17.2 Å². The number of hydrogen-bond donors (Lipinski definition) is 2. The van der Waals surface area contributed by atoms with Crippen molar-refractivity contribution >= 4 is 17.2 Å². The van der Waals surface area contributed by atoms with E-state index in [9.17, 15) is 18.0 Å². The van der Waals surface area contributed by atoms with Crippen LogP contribution in [-0.2, 0) is 0 Å². The summed E-state index contributed by atoms with van der Waals surface area (Å²) in [5, 5.41) is 10.5. The first-order chi connectivity index (χ1) is 18.6. The number of methoxy groups -OCH3 is 1. The Morgan fingerprint density at radius 3 is 2.64 bits per heavy atom. The summed E-state index contributed by atoms with van der Waals surface area (Å²) >= 11 is 0. The zero-order valence-electron chi connectivity index (χ0n) is 21.7. The molecule has 1 amide bonds. The van der Waals surface area contributed by atoms with E-state index in [1.807, 2.05) is 13.0 Å². The molecule has 0 spiro atoms. The Kier molecular flexibility index (Phi) is 7.07. The van der Waals surface area contributed by atoms with E-state index < -0.39 is 18.2 Å². The zero-order valence-corrected chi connectivity index (χ0v) is 21.7. The van der Waals surface area contributed by atoms with Crippen molar-refractivity contribution in [3.8, 4) is 28.6 Å². The number of carbonyl (C=O) groups excluding carboxylic acids is 1. The lowest BCUT2D eigenvalue weighted by molar-refractivity contribution is 0.0167. The van der Waals surface area contributed by atoms with Gasteiger partial charge < -0.3 is 20.1 Å². The Labute approximate surface area is 223 Å². The minimum atomic E-state index is -2.85. The van der Waals surface area contributed by atoms with E-state index in [1.165, 1.54) is 35.9 Å². The molecule has 0 atom stereocenters. The van der Waals surface area contributed by atoms with Crippen LogP contribution in [0.5, 0.6) is 17.4 Å². The molecule has 2 aromatic carbocycles. The van der Waals surface area contributed by atoms with Crippen LogP contribution >= 0.6 is 0 Å². The summed E-state index contributed by atoms with van der Waals surface area (Å²) in [6.45, 7) is 2.69. The van der Waals surface area contributed by atoms with Crippen LogP contribution in [0.1, 0.15) is 42.1 Å². The zero-order chi connectivity index (χ0) is 27.7. The number of rotatable bonds is 10. The Morgan fingerprint density at radius 1 is 1.18 bits per heavy atom. The first-order valence-corrected chi connectivity index (χ1v) is 12.5. The molecule has 2 heterocycles. The van der Waals surface area contributed by atoms with E-state index in [1.54, 1.807) is 18.3 Å². The third-order valence-electron chi connectivity index (χ3n) is 6.35. The number of carbonyl (C=O) groups is 1. The van der Waals surface area contributed by atoms with Crippen LogP contribution in [0, 0.1) is 12.7 Å². The van der Waals surface area contributed by atoms with Gasteiger partial charge in [-0.25, -0.2) is 22.7 Å². The number of hydrogen-bond acceptors (Lipinski definition) is 6. The number of imidazole rings is 1. The first-order valence-electron chi connectivity index (χ1n) is 12.5. The number of aromatic nitrogens is 3. The van der Waals surface area contributed by atoms with Crippen LogP contribution in [-0.4, -0.2) is 46.1 Å². The SMILES string of the molecule is COc1ccc(Oc2cc(NCCC(C)(F)F)c3ncc(-c4ccc(C(=O)NC5CC5)c(C)c4)n3n2)cc1F. The van der Waals surface area contributed by atoms with Gasteiger partial charge >= 0.3 is 0 Å². The summed E-state index contributed by atoms with van der Waals surface area (Å²) in [6.07, 6.45) is 3.21. The second kappa shape index (κ2) is 10.5. The fraction of sp³-hybridized carbons (Fsp3) is 0.321. The lowest BCUT2D eigenvalue weighted by Crippen LogP contribution is -2.26. The van der Waals surface area contributed by atoms with Gasteiger partial charge in [0.05, 0.1) is 24.7 Å². The topological polar surface area (TPSA) is 89.8 Å². The summed E-state index contributed by atoms with van der Waals surface area (Å²) < 4.78 is 53.5. The van der Waals surface area contributed by atoms with Crippen molar-refractivity contribution in [1.82, 2.24) is 19.9 Å². The molecule has 0 unspecified atom stereocenters. The number of halogens is 3. The molecule has 204 valence electrons. The molecule has 39 heavy (non-hydrogen) atoms. The summed E-state index contributed by atoms with van der Waals surface area (Å²) in [7, 11) is 1.36. The maximum absolute atomic E-state index is 14.2.